The first-order chi connectivity index (χ1) is 11.2. The second-order valence-corrected chi connectivity index (χ2v) is 7.55. The number of nitrogens with one attached hydrogen (secondary N) is 1. The van der Waals surface area contributed by atoms with Crippen LogP contribution in [0.1, 0.15) is 59.3 Å². The van der Waals surface area contributed by atoms with E-state index in [2.05, 4.69) is 26.1 Å². The molecule has 24 heavy (non-hydrogen) atoms. The fourth-order valence-electron chi connectivity index (χ4n) is 3.82. The number of hydrogen-bond donors (Lipinski definition) is 2. The Morgan fingerprint density at radius 2 is 1.92 bits per heavy atom. The lowest BCUT2D eigenvalue weighted by Crippen LogP contribution is -2.45. The molecule has 3 N–H and O–H groups in total. The predicted octanol–water partition coefficient (Wildman–Crippen LogP) is 3.69. The quantitative estimate of drug-likeness (QED) is 0.401. The van der Waals surface area contributed by atoms with Crippen LogP contribution in [0.5, 0.6) is 0 Å². The molecule has 0 saturated heterocycles. The molecule has 1 fully saturated rings. The van der Waals surface area contributed by atoms with Crippen LogP contribution in [-0.2, 0) is 4.79 Å². The van der Waals surface area contributed by atoms with E-state index < -0.39 is 18.8 Å². The van der Waals surface area contributed by atoms with Crippen LogP contribution in [0, 0.1) is 17.8 Å². The summed E-state index contributed by atoms with van der Waals surface area (Å²) < 4.78 is 25.5. The lowest BCUT2D eigenvalue weighted by Gasteiger charge is -2.37. The number of carbonyl (C=O) groups excluding carboxylic acids is 1. The van der Waals surface area contributed by atoms with E-state index in [1.807, 2.05) is 0 Å². The summed E-state index contributed by atoms with van der Waals surface area (Å²) in [5.74, 6) is 6.62. The molecule has 0 aliphatic heterocycles. The number of rotatable bonds is 8. The average Bonchev–Trinajstić information content (AvgIpc) is 2.45. The molecule has 0 spiro atoms. The molecule has 1 saturated carbocycles. The third kappa shape index (κ3) is 7.16. The summed E-state index contributed by atoms with van der Waals surface area (Å²) in [5.41, 5.74) is 0.0378. The van der Waals surface area contributed by atoms with Gasteiger partial charge in [-0.25, -0.2) is 14.6 Å². The van der Waals surface area contributed by atoms with Crippen molar-refractivity contribution < 1.29 is 13.6 Å². The number of hydrazine groups is 1. The fraction of sp³-hybridized carbons (Fsp3) is 0.833. The van der Waals surface area contributed by atoms with Crippen molar-refractivity contribution in [1.82, 2.24) is 10.3 Å². The normalized spacial score (nSPS) is 23.5. The Kier molecular flexibility index (Phi) is 8.67. The van der Waals surface area contributed by atoms with Crippen LogP contribution < -0.4 is 11.2 Å². The molecule has 6 heteroatoms. The van der Waals surface area contributed by atoms with Gasteiger partial charge in [0.15, 0.2) is 0 Å². The Bertz CT molecular complexity index is 424. The highest BCUT2D eigenvalue weighted by atomic mass is 19.3. The van der Waals surface area contributed by atoms with Gasteiger partial charge in [0, 0.05) is 31.3 Å². The summed E-state index contributed by atoms with van der Waals surface area (Å²) in [5, 5.41) is 4.16. The van der Waals surface area contributed by atoms with Gasteiger partial charge >= 0.3 is 0 Å². The van der Waals surface area contributed by atoms with Crippen LogP contribution >= 0.6 is 0 Å². The van der Waals surface area contributed by atoms with E-state index in [0.29, 0.717) is 17.8 Å². The lowest BCUT2D eigenvalue weighted by atomic mass is 9.74. The van der Waals surface area contributed by atoms with E-state index in [4.69, 9.17) is 5.84 Å². The number of amides is 1. The van der Waals surface area contributed by atoms with Crippen molar-refractivity contribution in [2.24, 2.45) is 23.6 Å². The smallest absolute Gasteiger partial charge is 0.249 e. The first kappa shape index (κ1) is 20.9. The zero-order chi connectivity index (χ0) is 18.3. The minimum atomic E-state index is -2.57. The van der Waals surface area contributed by atoms with Gasteiger partial charge in [0.25, 0.3) is 0 Å². The number of alkyl halides is 2. The number of nitrogens with zero attached hydrogens (tertiary/aromatic N) is 1. The third-order valence-corrected chi connectivity index (χ3v) is 4.74. The van der Waals surface area contributed by atoms with Gasteiger partial charge < -0.3 is 10.3 Å². The summed E-state index contributed by atoms with van der Waals surface area (Å²) in [6.07, 6.45) is 3.50. The van der Waals surface area contributed by atoms with E-state index in [9.17, 15) is 13.6 Å². The molecule has 140 valence electrons. The van der Waals surface area contributed by atoms with Crippen LogP contribution in [0.15, 0.2) is 11.8 Å². The lowest BCUT2D eigenvalue weighted by molar-refractivity contribution is -0.119. The Morgan fingerprint density at radius 3 is 2.46 bits per heavy atom. The van der Waals surface area contributed by atoms with E-state index in [-0.39, 0.29) is 11.6 Å². The molecular formula is C18H33F2N3O. The van der Waals surface area contributed by atoms with Crippen molar-refractivity contribution in [2.45, 2.75) is 71.8 Å². The zero-order valence-corrected chi connectivity index (χ0v) is 15.4. The molecule has 0 heterocycles. The molecule has 0 aromatic rings. The van der Waals surface area contributed by atoms with Crippen molar-refractivity contribution in [3.05, 3.63) is 11.8 Å². The molecule has 3 atom stereocenters. The second-order valence-electron chi connectivity index (χ2n) is 7.55. The maximum absolute atomic E-state index is 12.7. The van der Waals surface area contributed by atoms with Crippen LogP contribution in [-0.4, -0.2) is 30.4 Å². The van der Waals surface area contributed by atoms with E-state index >= 15 is 0 Å². The predicted molar refractivity (Wildman–Crippen MR) is 93.2 cm³/mol. The Balaban J connectivity index is 2.79. The zero-order valence-electron chi connectivity index (χ0n) is 15.4. The van der Waals surface area contributed by atoms with Crippen LogP contribution in [0.3, 0.4) is 0 Å². The second kappa shape index (κ2) is 9.97. The molecule has 0 aromatic heterocycles. The van der Waals surface area contributed by atoms with Crippen molar-refractivity contribution in [3.63, 3.8) is 0 Å². The molecule has 4 nitrogen and oxygen atoms in total. The molecular weight excluding hydrogens is 312 g/mol. The van der Waals surface area contributed by atoms with Crippen LogP contribution in [0.4, 0.5) is 8.78 Å². The fourth-order valence-corrected chi connectivity index (χ4v) is 3.82. The van der Waals surface area contributed by atoms with Crippen molar-refractivity contribution in [3.8, 4) is 0 Å². The minimum absolute atomic E-state index is 0.0378. The molecule has 3 unspecified atom stereocenters. The molecule has 1 aliphatic carbocycles. The highest BCUT2D eigenvalue weighted by Gasteiger charge is 2.31. The monoisotopic (exact) mass is 345 g/mol. The Morgan fingerprint density at radius 1 is 1.29 bits per heavy atom. The molecule has 1 rings (SSSR count). The van der Waals surface area contributed by atoms with Crippen molar-refractivity contribution in [2.75, 3.05) is 7.05 Å². The highest BCUT2D eigenvalue weighted by Crippen LogP contribution is 2.33. The van der Waals surface area contributed by atoms with Gasteiger partial charge in [0.05, 0.1) is 0 Å². The number of hydrogen-bond acceptors (Lipinski definition) is 3. The largest absolute Gasteiger partial charge is 0.349 e. The van der Waals surface area contributed by atoms with Crippen molar-refractivity contribution in [1.29, 1.82) is 0 Å². The molecule has 1 amide bonds. The molecule has 1 aliphatic rings. The van der Waals surface area contributed by atoms with Gasteiger partial charge in [0.1, 0.15) is 0 Å². The molecule has 0 aromatic carbocycles. The number of carbonyl (C=O) groups is 1. The number of nitrogens with two attached hydrogens (primary N) is 1. The molecule has 0 radical (unpaired) electrons. The maximum Gasteiger partial charge on any atom is 0.249 e. The molecule has 0 bridgehead atoms. The van der Waals surface area contributed by atoms with Gasteiger partial charge in [-0.1, -0.05) is 33.6 Å². The topological polar surface area (TPSA) is 58.4 Å². The van der Waals surface area contributed by atoms with Gasteiger partial charge in [-0.2, -0.15) is 0 Å². The SMILES string of the molecule is CC(C)CC(C)C1CCCCC1NC(=O)/C(=C/N(C)N)CC(F)F. The van der Waals surface area contributed by atoms with Crippen LogP contribution in [0.2, 0.25) is 0 Å². The van der Waals surface area contributed by atoms with Gasteiger partial charge in [-0.15, -0.1) is 0 Å². The average molecular weight is 345 g/mol. The summed E-state index contributed by atoms with van der Waals surface area (Å²) in [4.78, 5) is 12.5. The first-order valence-corrected chi connectivity index (χ1v) is 8.98. The van der Waals surface area contributed by atoms with Crippen molar-refractivity contribution >= 4 is 5.91 Å². The third-order valence-electron chi connectivity index (χ3n) is 4.74. The van der Waals surface area contributed by atoms with E-state index in [1.165, 1.54) is 19.7 Å². The maximum atomic E-state index is 12.7. The summed E-state index contributed by atoms with van der Waals surface area (Å²) >= 11 is 0. The minimum Gasteiger partial charge on any atom is -0.349 e. The standard InChI is InChI=1S/C18H33F2N3O/c1-12(2)9-13(3)15-7-5-6-8-16(15)22-18(24)14(10-17(19)20)11-23(4)21/h11-13,15-17H,5-10,21H2,1-4H3,(H,22,24)/b14-11+. The van der Waals surface area contributed by atoms with E-state index in [1.54, 1.807) is 0 Å². The summed E-state index contributed by atoms with van der Waals surface area (Å²) in [6, 6.07) is 0.0594. The van der Waals surface area contributed by atoms with Gasteiger partial charge in [0.2, 0.25) is 12.3 Å². The van der Waals surface area contributed by atoms with Gasteiger partial charge in [-0.05, 0) is 37.0 Å². The van der Waals surface area contributed by atoms with Gasteiger partial charge in [-0.3, -0.25) is 4.79 Å². The number of halogens is 2. The Hall–Kier alpha value is -1.17. The first-order valence-electron chi connectivity index (χ1n) is 8.98. The Labute approximate surface area is 144 Å². The summed E-state index contributed by atoms with van der Waals surface area (Å²) in [6.45, 7) is 6.64. The van der Waals surface area contributed by atoms with Crippen LogP contribution in [0.25, 0.3) is 0 Å². The summed E-state index contributed by atoms with van der Waals surface area (Å²) in [7, 11) is 1.52. The highest BCUT2D eigenvalue weighted by molar-refractivity contribution is 5.93. The van der Waals surface area contributed by atoms with E-state index in [0.717, 1.165) is 30.7 Å².